The first-order valence-corrected chi connectivity index (χ1v) is 13.0. The molecule has 2 aliphatic heterocycles. The number of anilines is 2. The van der Waals surface area contributed by atoms with Crippen LogP contribution in [0.5, 0.6) is 0 Å². The SMILES string of the molecule is O=C1C(Cl)C(c2ccc(Br)cc2)N1n1c(CN2c3ccccc3Sc3ccccc32)n[nH]c1=S. The molecule has 0 bridgehead atoms. The van der Waals surface area contributed by atoms with Crippen LogP contribution in [0.3, 0.4) is 0 Å². The molecule has 2 unspecified atom stereocenters. The molecule has 2 atom stereocenters. The molecule has 1 aromatic heterocycles. The fourth-order valence-corrected chi connectivity index (χ4v) is 6.33. The van der Waals surface area contributed by atoms with E-state index in [1.165, 1.54) is 0 Å². The van der Waals surface area contributed by atoms with Crippen LogP contribution in [-0.2, 0) is 11.3 Å². The summed E-state index contributed by atoms with van der Waals surface area (Å²) < 4.78 is 3.00. The molecule has 170 valence electrons. The molecule has 2 aliphatic rings. The van der Waals surface area contributed by atoms with Gasteiger partial charge in [0.15, 0.2) is 5.82 Å². The number of rotatable bonds is 4. The summed E-state index contributed by atoms with van der Waals surface area (Å²) >= 11 is 17.3. The number of carbonyl (C=O) groups excluding carboxylic acids is 1. The van der Waals surface area contributed by atoms with Crippen LogP contribution < -0.4 is 9.91 Å². The lowest BCUT2D eigenvalue weighted by Gasteiger charge is -2.44. The van der Waals surface area contributed by atoms with Crippen molar-refractivity contribution >= 4 is 68.8 Å². The van der Waals surface area contributed by atoms with Gasteiger partial charge >= 0.3 is 0 Å². The summed E-state index contributed by atoms with van der Waals surface area (Å²) in [4.78, 5) is 17.5. The first-order valence-electron chi connectivity index (χ1n) is 10.6. The van der Waals surface area contributed by atoms with Crippen molar-refractivity contribution in [3.8, 4) is 0 Å². The van der Waals surface area contributed by atoms with E-state index in [4.69, 9.17) is 23.8 Å². The molecule has 10 heteroatoms. The number of halogens is 2. The van der Waals surface area contributed by atoms with E-state index in [2.05, 4.69) is 55.3 Å². The lowest BCUT2D eigenvalue weighted by atomic mass is 9.95. The number of benzene rings is 3. The third kappa shape index (κ3) is 3.50. The molecule has 0 radical (unpaired) electrons. The number of para-hydroxylation sites is 2. The smallest absolute Gasteiger partial charge is 0.262 e. The standard InChI is InChI=1S/C24H17BrClN5OS2/c25-15-11-9-14(10-12-15)22-21(26)23(32)31(22)30-20(27-28-24(30)33)13-29-16-5-1-3-7-18(16)34-19-8-4-2-6-17(19)29/h1-12,21-22H,13H2,(H,28,33). The minimum Gasteiger partial charge on any atom is -0.332 e. The normalized spacial score (nSPS) is 18.9. The minimum atomic E-state index is -0.668. The topological polar surface area (TPSA) is 57.2 Å². The Hall–Kier alpha value is -2.59. The summed E-state index contributed by atoms with van der Waals surface area (Å²) in [7, 11) is 0. The average molecular weight is 571 g/mol. The van der Waals surface area contributed by atoms with E-state index in [0.29, 0.717) is 17.1 Å². The number of carbonyl (C=O) groups is 1. The Morgan fingerprint density at radius 2 is 1.62 bits per heavy atom. The number of hydrogen-bond acceptors (Lipinski definition) is 5. The van der Waals surface area contributed by atoms with Crippen LogP contribution in [-0.4, -0.2) is 26.2 Å². The van der Waals surface area contributed by atoms with Crippen LogP contribution in [0.25, 0.3) is 0 Å². The fraction of sp³-hybridized carbons (Fsp3) is 0.125. The molecule has 4 aromatic rings. The second-order valence-electron chi connectivity index (χ2n) is 7.96. The monoisotopic (exact) mass is 569 g/mol. The highest BCUT2D eigenvalue weighted by Crippen LogP contribution is 2.48. The van der Waals surface area contributed by atoms with Crippen LogP contribution in [0.1, 0.15) is 17.4 Å². The van der Waals surface area contributed by atoms with Gasteiger partial charge in [0, 0.05) is 14.3 Å². The van der Waals surface area contributed by atoms with Crippen LogP contribution in [0.15, 0.2) is 87.1 Å². The lowest BCUT2D eigenvalue weighted by molar-refractivity contribution is -0.126. The molecule has 0 aliphatic carbocycles. The van der Waals surface area contributed by atoms with Crippen LogP contribution in [0.2, 0.25) is 0 Å². The van der Waals surface area contributed by atoms with Gasteiger partial charge in [-0.05, 0) is 54.2 Å². The zero-order valence-electron chi connectivity index (χ0n) is 17.6. The summed E-state index contributed by atoms with van der Waals surface area (Å²) in [6.45, 7) is 0.422. The summed E-state index contributed by atoms with van der Waals surface area (Å²) in [5.41, 5.74) is 3.10. The molecule has 3 aromatic carbocycles. The zero-order chi connectivity index (χ0) is 23.4. The number of nitrogens with one attached hydrogen (secondary N) is 1. The quantitative estimate of drug-likeness (QED) is 0.176. The number of hydrogen-bond donors (Lipinski definition) is 1. The number of aromatic amines is 1. The molecule has 34 heavy (non-hydrogen) atoms. The van der Waals surface area contributed by atoms with E-state index in [-0.39, 0.29) is 11.9 Å². The predicted octanol–water partition coefficient (Wildman–Crippen LogP) is 6.33. The molecule has 6 rings (SSSR count). The van der Waals surface area contributed by atoms with Crippen molar-refractivity contribution in [2.24, 2.45) is 0 Å². The Kier molecular flexibility index (Phi) is 5.52. The van der Waals surface area contributed by atoms with Crippen molar-refractivity contribution in [2.75, 3.05) is 9.91 Å². The van der Waals surface area contributed by atoms with Crippen molar-refractivity contribution in [1.29, 1.82) is 0 Å². The third-order valence-electron chi connectivity index (χ3n) is 5.98. The maximum Gasteiger partial charge on any atom is 0.262 e. The van der Waals surface area contributed by atoms with Gasteiger partial charge in [-0.25, -0.2) is 9.69 Å². The number of amides is 1. The first-order chi connectivity index (χ1) is 16.5. The Labute approximate surface area is 218 Å². The van der Waals surface area contributed by atoms with Gasteiger partial charge in [0.25, 0.3) is 5.91 Å². The minimum absolute atomic E-state index is 0.205. The molecule has 1 amide bonds. The third-order valence-corrected chi connectivity index (χ3v) is 8.33. The van der Waals surface area contributed by atoms with Gasteiger partial charge in [-0.15, -0.1) is 11.6 Å². The Morgan fingerprint density at radius 3 is 2.26 bits per heavy atom. The van der Waals surface area contributed by atoms with Gasteiger partial charge < -0.3 is 4.90 Å². The van der Waals surface area contributed by atoms with E-state index < -0.39 is 5.38 Å². The molecule has 0 spiro atoms. The summed E-state index contributed by atoms with van der Waals surface area (Å²) in [6, 6.07) is 24.0. The zero-order valence-corrected chi connectivity index (χ0v) is 21.5. The van der Waals surface area contributed by atoms with Gasteiger partial charge in [0.1, 0.15) is 11.4 Å². The van der Waals surface area contributed by atoms with Gasteiger partial charge in [-0.1, -0.05) is 64.1 Å². The second kappa shape index (κ2) is 8.57. The van der Waals surface area contributed by atoms with Crippen LogP contribution in [0, 0.1) is 4.77 Å². The van der Waals surface area contributed by atoms with Crippen molar-refractivity contribution in [3.05, 3.63) is 93.4 Å². The van der Waals surface area contributed by atoms with Crippen molar-refractivity contribution in [1.82, 2.24) is 14.9 Å². The van der Waals surface area contributed by atoms with E-state index in [1.807, 2.05) is 48.5 Å². The highest BCUT2D eigenvalue weighted by molar-refractivity contribution is 9.10. The fourth-order valence-electron chi connectivity index (χ4n) is 4.38. The number of fused-ring (bicyclic) bond motifs is 2. The van der Waals surface area contributed by atoms with Gasteiger partial charge in [-0.3, -0.25) is 9.89 Å². The summed E-state index contributed by atoms with van der Waals surface area (Å²) in [6.07, 6.45) is 0. The van der Waals surface area contributed by atoms with E-state index in [0.717, 1.165) is 31.2 Å². The Morgan fingerprint density at radius 1 is 1.00 bits per heavy atom. The Balaban J connectivity index is 1.41. The maximum atomic E-state index is 13.0. The molecule has 6 nitrogen and oxygen atoms in total. The van der Waals surface area contributed by atoms with E-state index >= 15 is 0 Å². The van der Waals surface area contributed by atoms with Gasteiger partial charge in [-0.2, -0.15) is 5.10 Å². The molecule has 1 fully saturated rings. The number of H-pyrrole nitrogens is 1. The molecule has 0 saturated carbocycles. The molecule has 3 heterocycles. The Bertz CT molecular complexity index is 1430. The molecular formula is C24H17BrClN5OS2. The highest BCUT2D eigenvalue weighted by atomic mass is 79.9. The van der Waals surface area contributed by atoms with Gasteiger partial charge in [0.2, 0.25) is 4.77 Å². The summed E-state index contributed by atoms with van der Waals surface area (Å²) in [5.74, 6) is 0.420. The molecule has 1 saturated heterocycles. The van der Waals surface area contributed by atoms with Crippen molar-refractivity contribution in [2.45, 2.75) is 27.8 Å². The van der Waals surface area contributed by atoms with Crippen molar-refractivity contribution < 1.29 is 4.79 Å². The van der Waals surface area contributed by atoms with Crippen LogP contribution in [0.4, 0.5) is 11.4 Å². The lowest BCUT2D eigenvalue weighted by Crippen LogP contribution is -2.62. The number of aromatic nitrogens is 3. The van der Waals surface area contributed by atoms with E-state index in [1.54, 1.807) is 21.4 Å². The van der Waals surface area contributed by atoms with Crippen molar-refractivity contribution in [3.63, 3.8) is 0 Å². The van der Waals surface area contributed by atoms with Gasteiger partial charge in [0.05, 0.1) is 17.9 Å². The van der Waals surface area contributed by atoms with Crippen LogP contribution >= 0.6 is 51.5 Å². The average Bonchev–Trinajstić information content (AvgIpc) is 3.21. The van der Waals surface area contributed by atoms with E-state index in [9.17, 15) is 4.79 Å². The number of alkyl halides is 1. The number of nitrogens with zero attached hydrogens (tertiary/aromatic N) is 4. The summed E-state index contributed by atoms with van der Waals surface area (Å²) in [5, 5.41) is 8.33. The maximum absolute atomic E-state index is 13.0. The largest absolute Gasteiger partial charge is 0.332 e. The number of β-lactam (4-membered cyclic amide) rings is 1. The predicted molar refractivity (Wildman–Crippen MR) is 140 cm³/mol. The second-order valence-corrected chi connectivity index (χ2v) is 10.8. The molecular weight excluding hydrogens is 554 g/mol. The first kappa shape index (κ1) is 21.9. The molecule has 1 N–H and O–H groups in total. The highest BCUT2D eigenvalue weighted by Gasteiger charge is 2.49.